The first-order chi connectivity index (χ1) is 2.27. The van der Waals surface area contributed by atoms with Gasteiger partial charge in [-0.1, -0.05) is 6.58 Å². The fraction of sp³-hybridized carbons (Fsp3) is 0. The molecule has 2 N–H and O–H groups in total. The Hall–Kier alpha value is -0.500. The summed E-state index contributed by atoms with van der Waals surface area (Å²) in [6.07, 6.45) is 0. The fourth-order valence-corrected chi connectivity index (χ4v) is 0. The van der Waals surface area contributed by atoms with Gasteiger partial charge >= 0.3 is 0 Å². The van der Waals surface area contributed by atoms with Crippen molar-refractivity contribution < 1.29 is 10.2 Å². The van der Waals surface area contributed by atoms with E-state index in [9.17, 15) is 0 Å². The molecular weight excluding hydrogens is 68.0 g/mol. The van der Waals surface area contributed by atoms with Crippen LogP contribution in [0.5, 0.6) is 0 Å². The normalized spacial score (nSPS) is 7.40. The van der Waals surface area contributed by atoms with Gasteiger partial charge in [0.2, 0.25) is 0 Å². The molecule has 0 amide bonds. The van der Waals surface area contributed by atoms with E-state index in [1.807, 2.05) is 0 Å². The molecule has 1 radical (unpaired) electrons. The van der Waals surface area contributed by atoms with Gasteiger partial charge in [0.15, 0.2) is 0 Å². The first-order valence-electron chi connectivity index (χ1n) is 1.12. The molecule has 0 aliphatic heterocycles. The molecule has 0 aliphatic carbocycles. The highest BCUT2D eigenvalue weighted by molar-refractivity contribution is 4.86. The van der Waals surface area contributed by atoms with Gasteiger partial charge in [0, 0.05) is 0 Å². The smallest absolute Gasteiger partial charge is 0.143 e. The fourth-order valence-electron chi connectivity index (χ4n) is 0. The molecule has 29 valence electrons. The van der Waals surface area contributed by atoms with Gasteiger partial charge in [-0.2, -0.15) is 0 Å². The Kier molecular flexibility index (Phi) is 1.61. The van der Waals surface area contributed by atoms with Gasteiger partial charge in [-0.05, 0) is 0 Å². The molecular formula is C3H5O2. The maximum absolute atomic E-state index is 7.86. The summed E-state index contributed by atoms with van der Waals surface area (Å²) in [5.41, 5.74) is 0. The lowest BCUT2D eigenvalue weighted by molar-refractivity contribution is 0.319. The van der Waals surface area contributed by atoms with E-state index in [2.05, 4.69) is 6.58 Å². The summed E-state index contributed by atoms with van der Waals surface area (Å²) in [6, 6.07) is 0. The predicted molar refractivity (Wildman–Crippen MR) is 18.0 cm³/mol. The van der Waals surface area contributed by atoms with Crippen molar-refractivity contribution in [3.8, 4) is 0 Å². The zero-order valence-electron chi connectivity index (χ0n) is 2.68. The summed E-state index contributed by atoms with van der Waals surface area (Å²) in [4.78, 5) is 0. The summed E-state index contributed by atoms with van der Waals surface area (Å²) in [7, 11) is 0. The first kappa shape index (κ1) is 4.50. The van der Waals surface area contributed by atoms with Crippen molar-refractivity contribution in [1.29, 1.82) is 0 Å². The molecule has 0 fully saturated rings. The highest BCUT2D eigenvalue weighted by Crippen LogP contribution is 1.78. The van der Waals surface area contributed by atoms with E-state index in [0.717, 1.165) is 0 Å². The predicted octanol–water partition coefficient (Wildman–Crippen LogP) is 0.592. The van der Waals surface area contributed by atoms with E-state index in [-0.39, 0.29) is 5.76 Å². The Morgan fingerprint density at radius 1 is 1.80 bits per heavy atom. The van der Waals surface area contributed by atoms with Gasteiger partial charge in [-0.3, -0.25) is 0 Å². The molecule has 2 heteroatoms. The highest BCUT2D eigenvalue weighted by Gasteiger charge is 1.74. The largest absolute Gasteiger partial charge is 0.510 e. The number of aliphatic hydroxyl groups is 2. The van der Waals surface area contributed by atoms with E-state index in [4.69, 9.17) is 10.2 Å². The SMILES string of the molecule is C=C(O)[CH]O. The van der Waals surface area contributed by atoms with Gasteiger partial charge in [0.1, 0.15) is 12.4 Å². The Morgan fingerprint density at radius 2 is 2.00 bits per heavy atom. The molecule has 0 rings (SSSR count). The standard InChI is InChI=1S/C3H5O2/c1-3(5)2-4/h2,4-5H,1H2. The average Bonchev–Trinajstić information content (AvgIpc) is 1.38. The third-order valence-electron chi connectivity index (χ3n) is 0.149. The van der Waals surface area contributed by atoms with Crippen LogP contribution in [0.1, 0.15) is 0 Å². The van der Waals surface area contributed by atoms with Crippen molar-refractivity contribution in [2.75, 3.05) is 0 Å². The van der Waals surface area contributed by atoms with Crippen LogP contribution in [-0.2, 0) is 0 Å². The highest BCUT2D eigenvalue weighted by atomic mass is 16.3. The van der Waals surface area contributed by atoms with Crippen LogP contribution >= 0.6 is 0 Å². The van der Waals surface area contributed by atoms with Crippen LogP contribution in [0.4, 0.5) is 0 Å². The molecule has 0 unspecified atom stereocenters. The van der Waals surface area contributed by atoms with Gasteiger partial charge in [0.05, 0.1) is 0 Å². The number of rotatable bonds is 1. The maximum atomic E-state index is 7.86. The minimum atomic E-state index is -0.315. The summed E-state index contributed by atoms with van der Waals surface area (Å²) >= 11 is 0. The summed E-state index contributed by atoms with van der Waals surface area (Å²) in [5.74, 6) is -0.315. The van der Waals surface area contributed by atoms with E-state index >= 15 is 0 Å². The van der Waals surface area contributed by atoms with Crippen molar-refractivity contribution in [1.82, 2.24) is 0 Å². The van der Waals surface area contributed by atoms with Crippen molar-refractivity contribution in [2.45, 2.75) is 0 Å². The van der Waals surface area contributed by atoms with Crippen molar-refractivity contribution in [2.24, 2.45) is 0 Å². The van der Waals surface area contributed by atoms with E-state index in [1.54, 1.807) is 0 Å². The molecule has 0 aromatic heterocycles. The van der Waals surface area contributed by atoms with Gasteiger partial charge in [-0.25, -0.2) is 0 Å². The Labute approximate surface area is 30.4 Å². The van der Waals surface area contributed by atoms with Crippen LogP contribution in [0.3, 0.4) is 0 Å². The molecule has 0 saturated carbocycles. The lowest BCUT2D eigenvalue weighted by atomic mass is 10.6. The maximum Gasteiger partial charge on any atom is 0.143 e. The summed E-state index contributed by atoms with van der Waals surface area (Å²) in [5, 5.41) is 15.5. The number of hydrogen-bond acceptors (Lipinski definition) is 2. The Bertz CT molecular complexity index is 40.2. The minimum Gasteiger partial charge on any atom is -0.510 e. The van der Waals surface area contributed by atoms with E-state index in [0.29, 0.717) is 6.61 Å². The second-order valence-electron chi connectivity index (χ2n) is 0.620. The zero-order chi connectivity index (χ0) is 4.28. The van der Waals surface area contributed by atoms with Gasteiger partial charge in [0.25, 0.3) is 0 Å². The molecule has 2 nitrogen and oxygen atoms in total. The molecule has 0 aromatic carbocycles. The third-order valence-corrected chi connectivity index (χ3v) is 0.149. The van der Waals surface area contributed by atoms with Crippen LogP contribution in [-0.4, -0.2) is 10.2 Å². The second-order valence-corrected chi connectivity index (χ2v) is 0.620. The molecule has 0 bridgehead atoms. The molecule has 0 saturated heterocycles. The van der Waals surface area contributed by atoms with Gasteiger partial charge in [-0.15, -0.1) is 0 Å². The molecule has 0 aliphatic rings. The molecule has 0 aromatic rings. The monoisotopic (exact) mass is 73.0 g/mol. The average molecular weight is 73.1 g/mol. The molecule has 5 heavy (non-hydrogen) atoms. The topological polar surface area (TPSA) is 40.5 Å². The lowest BCUT2D eigenvalue weighted by Gasteiger charge is -1.78. The minimum absolute atomic E-state index is 0.315. The van der Waals surface area contributed by atoms with Crippen molar-refractivity contribution in [3.63, 3.8) is 0 Å². The van der Waals surface area contributed by atoms with E-state index < -0.39 is 0 Å². The molecule has 0 heterocycles. The van der Waals surface area contributed by atoms with Crippen LogP contribution in [0.2, 0.25) is 0 Å². The van der Waals surface area contributed by atoms with Crippen LogP contribution < -0.4 is 0 Å². The van der Waals surface area contributed by atoms with Crippen LogP contribution in [0.15, 0.2) is 12.3 Å². The summed E-state index contributed by atoms with van der Waals surface area (Å²) in [6.45, 7) is 3.45. The third kappa shape index (κ3) is 3.50. The Morgan fingerprint density at radius 3 is 2.00 bits per heavy atom. The van der Waals surface area contributed by atoms with E-state index in [1.165, 1.54) is 0 Å². The van der Waals surface area contributed by atoms with Crippen LogP contribution in [0, 0.1) is 6.61 Å². The number of hydrogen-bond donors (Lipinski definition) is 2. The van der Waals surface area contributed by atoms with Crippen molar-refractivity contribution >= 4 is 0 Å². The second kappa shape index (κ2) is 1.79. The first-order valence-corrected chi connectivity index (χ1v) is 1.12. The van der Waals surface area contributed by atoms with Gasteiger partial charge < -0.3 is 10.2 Å². The molecule has 0 spiro atoms. The Balaban J connectivity index is 2.85. The molecule has 0 atom stereocenters. The quantitative estimate of drug-likeness (QED) is 0.446. The lowest BCUT2D eigenvalue weighted by Crippen LogP contribution is -1.72. The van der Waals surface area contributed by atoms with Crippen molar-refractivity contribution in [3.05, 3.63) is 18.9 Å². The summed E-state index contributed by atoms with van der Waals surface area (Å²) < 4.78 is 0. The zero-order valence-corrected chi connectivity index (χ0v) is 2.68. The number of aliphatic hydroxyl groups excluding tert-OH is 2. The van der Waals surface area contributed by atoms with Crippen LogP contribution in [0.25, 0.3) is 0 Å².